The van der Waals surface area contributed by atoms with Crippen LogP contribution in [0.1, 0.15) is 59.2 Å². The Balaban J connectivity index is 1.75. The van der Waals surface area contributed by atoms with Gasteiger partial charge >= 0.3 is 11.9 Å². The zero-order valence-electron chi connectivity index (χ0n) is 18.6. The third kappa shape index (κ3) is 5.95. The van der Waals surface area contributed by atoms with E-state index in [1.165, 1.54) is 23.5 Å². The summed E-state index contributed by atoms with van der Waals surface area (Å²) in [7, 11) is 0. The summed E-state index contributed by atoms with van der Waals surface area (Å²) in [6.45, 7) is 7.63. The van der Waals surface area contributed by atoms with Gasteiger partial charge in [0.05, 0.1) is 24.0 Å². The molecule has 178 valence electrons. The van der Waals surface area contributed by atoms with Crippen molar-refractivity contribution in [3.8, 4) is 0 Å². The number of fused-ring (bicyclic) bond motifs is 1. The smallest absolute Gasteiger partial charge is 0.348 e. The number of hydrogen-bond donors (Lipinski definition) is 1. The van der Waals surface area contributed by atoms with Gasteiger partial charge in [-0.15, -0.1) is 11.3 Å². The number of hydrogen-bond acceptors (Lipinski definition) is 11. The first-order valence-electron chi connectivity index (χ1n) is 10.4. The number of carbonyl (C=O) groups is 4. The normalized spacial score (nSPS) is 16.4. The fourth-order valence-corrected chi connectivity index (χ4v) is 6.20. The number of amidine groups is 1. The van der Waals surface area contributed by atoms with E-state index in [4.69, 9.17) is 9.47 Å². The van der Waals surface area contributed by atoms with E-state index in [2.05, 4.69) is 15.4 Å². The minimum absolute atomic E-state index is 0.143. The van der Waals surface area contributed by atoms with Crippen LogP contribution >= 0.6 is 34.9 Å². The summed E-state index contributed by atoms with van der Waals surface area (Å²) in [6, 6.07) is 0. The summed E-state index contributed by atoms with van der Waals surface area (Å²) in [5.41, 5.74) is 0.545. The number of anilines is 1. The molecule has 13 heteroatoms. The van der Waals surface area contributed by atoms with Gasteiger partial charge in [-0.25, -0.2) is 14.6 Å². The maximum absolute atomic E-state index is 12.9. The van der Waals surface area contributed by atoms with E-state index >= 15 is 0 Å². The minimum atomic E-state index is -0.622. The zero-order chi connectivity index (χ0) is 24.1. The highest BCUT2D eigenvalue weighted by Gasteiger charge is 2.31. The van der Waals surface area contributed by atoms with Gasteiger partial charge in [-0.3, -0.25) is 9.59 Å². The Hall–Kier alpha value is -2.38. The van der Waals surface area contributed by atoms with Gasteiger partial charge in [0.1, 0.15) is 9.88 Å². The van der Waals surface area contributed by atoms with Crippen LogP contribution in [0.5, 0.6) is 0 Å². The van der Waals surface area contributed by atoms with Crippen LogP contribution in [0.15, 0.2) is 10.1 Å². The SMILES string of the molecule is CCOC(=O)c1sc(NC(=O)[C@@H](C)SC2=NN3CCCC(=O)N=C3S2)c(C(=O)OCC)c1C. The minimum Gasteiger partial charge on any atom is -0.462 e. The number of esters is 2. The van der Waals surface area contributed by atoms with E-state index in [-0.39, 0.29) is 40.5 Å². The second kappa shape index (κ2) is 11.2. The highest BCUT2D eigenvalue weighted by Crippen LogP contribution is 2.36. The van der Waals surface area contributed by atoms with Crippen molar-refractivity contribution in [3.63, 3.8) is 0 Å². The van der Waals surface area contributed by atoms with Crippen LogP contribution in [0, 0.1) is 6.92 Å². The summed E-state index contributed by atoms with van der Waals surface area (Å²) in [5.74, 6) is -1.73. The zero-order valence-corrected chi connectivity index (χ0v) is 21.1. The van der Waals surface area contributed by atoms with Crippen molar-refractivity contribution in [1.82, 2.24) is 5.01 Å². The quantitative estimate of drug-likeness (QED) is 0.546. The number of thioether (sulfide) groups is 2. The first-order valence-corrected chi connectivity index (χ1v) is 12.9. The molecular formula is C20H24N4O6S3. The van der Waals surface area contributed by atoms with Crippen molar-refractivity contribution in [2.45, 2.75) is 45.8 Å². The largest absolute Gasteiger partial charge is 0.462 e. The lowest BCUT2D eigenvalue weighted by atomic mass is 10.1. The van der Waals surface area contributed by atoms with Crippen molar-refractivity contribution in [1.29, 1.82) is 0 Å². The van der Waals surface area contributed by atoms with Crippen LogP contribution in [0.25, 0.3) is 0 Å². The first kappa shape index (κ1) is 25.2. The summed E-state index contributed by atoms with van der Waals surface area (Å²) in [5, 5.41) is 9.05. The summed E-state index contributed by atoms with van der Waals surface area (Å²) in [6.07, 6.45) is 1.06. The van der Waals surface area contributed by atoms with Crippen LogP contribution in [0.2, 0.25) is 0 Å². The Morgan fingerprint density at radius 3 is 2.61 bits per heavy atom. The fraction of sp³-hybridized carbons (Fsp3) is 0.500. The third-order valence-electron chi connectivity index (χ3n) is 4.55. The molecule has 0 saturated carbocycles. The van der Waals surface area contributed by atoms with Crippen LogP contribution in [0.4, 0.5) is 5.00 Å². The first-order chi connectivity index (χ1) is 15.7. The van der Waals surface area contributed by atoms with E-state index < -0.39 is 17.2 Å². The summed E-state index contributed by atoms with van der Waals surface area (Å²) >= 11 is 3.45. The van der Waals surface area contributed by atoms with Gasteiger partial charge in [0.15, 0.2) is 9.54 Å². The number of aliphatic imine (C=N–C) groups is 1. The van der Waals surface area contributed by atoms with Gasteiger partial charge in [0.2, 0.25) is 11.8 Å². The Labute approximate surface area is 203 Å². The molecule has 1 N–H and O–H groups in total. The molecule has 2 aliphatic rings. The van der Waals surface area contributed by atoms with Crippen molar-refractivity contribution >= 4 is 73.2 Å². The molecule has 0 bridgehead atoms. The number of ether oxygens (including phenoxy) is 2. The maximum Gasteiger partial charge on any atom is 0.348 e. The Morgan fingerprint density at radius 2 is 1.91 bits per heavy atom. The van der Waals surface area contributed by atoms with Crippen molar-refractivity contribution in [3.05, 3.63) is 16.0 Å². The maximum atomic E-state index is 12.9. The average molecular weight is 513 g/mol. The van der Waals surface area contributed by atoms with Crippen molar-refractivity contribution in [2.24, 2.45) is 10.1 Å². The topological polar surface area (TPSA) is 127 Å². The number of thiophene rings is 1. The van der Waals surface area contributed by atoms with E-state index in [1.807, 2.05) is 0 Å². The van der Waals surface area contributed by atoms with Gasteiger partial charge in [0, 0.05) is 13.0 Å². The summed E-state index contributed by atoms with van der Waals surface area (Å²) in [4.78, 5) is 53.7. The number of nitrogens with one attached hydrogen (secondary N) is 1. The van der Waals surface area contributed by atoms with Crippen molar-refractivity contribution in [2.75, 3.05) is 25.1 Å². The van der Waals surface area contributed by atoms with Gasteiger partial charge < -0.3 is 14.8 Å². The lowest BCUT2D eigenvalue weighted by molar-refractivity contribution is -0.118. The number of rotatable bonds is 7. The molecule has 1 aromatic rings. The average Bonchev–Trinajstić information content (AvgIpc) is 3.22. The van der Waals surface area contributed by atoms with E-state index in [9.17, 15) is 19.2 Å². The van der Waals surface area contributed by atoms with Gasteiger partial charge in [0.25, 0.3) is 0 Å². The lowest BCUT2D eigenvalue weighted by Crippen LogP contribution is -2.24. The Bertz CT molecular complexity index is 1040. The predicted molar refractivity (Wildman–Crippen MR) is 130 cm³/mol. The molecule has 0 aromatic carbocycles. The standard InChI is InChI=1S/C20H24N4O6S3/c1-5-29-17(27)13-10(3)14(18(28)30-6-2)32-16(13)22-15(26)11(4)31-20-23-24-9-7-8-12(25)21-19(24)33-20/h11H,5-9H2,1-4H3,(H,22,26)/t11-/m1/s1. The molecule has 0 fully saturated rings. The van der Waals surface area contributed by atoms with E-state index in [1.54, 1.807) is 32.7 Å². The Morgan fingerprint density at radius 1 is 1.21 bits per heavy atom. The lowest BCUT2D eigenvalue weighted by Gasteiger charge is -2.11. The van der Waals surface area contributed by atoms with E-state index in [0.29, 0.717) is 34.5 Å². The van der Waals surface area contributed by atoms with Crippen LogP contribution < -0.4 is 5.32 Å². The molecule has 2 amide bonds. The molecule has 0 spiro atoms. The van der Waals surface area contributed by atoms with Crippen LogP contribution in [0.3, 0.4) is 0 Å². The third-order valence-corrected chi connectivity index (χ3v) is 7.87. The van der Waals surface area contributed by atoms with Crippen LogP contribution in [-0.2, 0) is 19.1 Å². The molecular weight excluding hydrogens is 488 g/mol. The van der Waals surface area contributed by atoms with E-state index in [0.717, 1.165) is 11.3 Å². The molecule has 0 aliphatic carbocycles. The molecule has 0 radical (unpaired) electrons. The number of hydrazone groups is 1. The fourth-order valence-electron chi connectivity index (χ4n) is 2.97. The molecule has 0 unspecified atom stereocenters. The second-order valence-corrected chi connectivity index (χ2v) is 10.5. The summed E-state index contributed by atoms with van der Waals surface area (Å²) < 4.78 is 10.8. The predicted octanol–water partition coefficient (Wildman–Crippen LogP) is 3.47. The van der Waals surface area contributed by atoms with Gasteiger partial charge in [-0.05, 0) is 51.4 Å². The molecule has 3 heterocycles. The highest BCUT2D eigenvalue weighted by molar-refractivity contribution is 8.45. The molecule has 1 aromatic heterocycles. The second-order valence-electron chi connectivity index (χ2n) is 6.93. The van der Waals surface area contributed by atoms with Gasteiger partial charge in [-0.1, -0.05) is 11.8 Å². The molecule has 10 nitrogen and oxygen atoms in total. The Kier molecular flexibility index (Phi) is 8.54. The highest BCUT2D eigenvalue weighted by atomic mass is 32.2. The molecule has 2 aliphatic heterocycles. The molecule has 33 heavy (non-hydrogen) atoms. The number of amides is 2. The van der Waals surface area contributed by atoms with Crippen molar-refractivity contribution < 1.29 is 28.7 Å². The van der Waals surface area contributed by atoms with Crippen LogP contribution in [-0.4, -0.2) is 63.3 Å². The molecule has 0 saturated heterocycles. The molecule has 1 atom stereocenters. The molecule has 3 rings (SSSR count). The number of nitrogens with zero attached hydrogens (tertiary/aromatic N) is 3. The monoisotopic (exact) mass is 512 g/mol. The number of carbonyl (C=O) groups excluding carboxylic acids is 4. The van der Waals surface area contributed by atoms with Gasteiger partial charge in [-0.2, -0.15) is 10.1 Å².